The molecule has 2 unspecified atom stereocenters. The number of benzene rings is 1. The Labute approximate surface area is 124 Å². The molecule has 0 bridgehead atoms. The zero-order chi connectivity index (χ0) is 15.0. The summed E-state index contributed by atoms with van der Waals surface area (Å²) in [6.07, 6.45) is 0.701. The molecule has 0 amide bonds. The van der Waals surface area contributed by atoms with Crippen LogP contribution in [0.1, 0.15) is 24.5 Å². The fourth-order valence-corrected chi connectivity index (χ4v) is 2.97. The fraction of sp³-hybridized carbons (Fsp3) is 0.471. The highest BCUT2D eigenvalue weighted by molar-refractivity contribution is 5.80. The van der Waals surface area contributed by atoms with E-state index in [0.29, 0.717) is 24.6 Å². The first kappa shape index (κ1) is 14.3. The van der Waals surface area contributed by atoms with Gasteiger partial charge in [0.05, 0.1) is 6.10 Å². The third-order valence-electron chi connectivity index (χ3n) is 4.38. The van der Waals surface area contributed by atoms with Crippen LogP contribution in [0.15, 0.2) is 33.5 Å². The van der Waals surface area contributed by atoms with E-state index in [1.807, 2.05) is 25.1 Å². The van der Waals surface area contributed by atoms with Crippen molar-refractivity contribution in [3.63, 3.8) is 0 Å². The summed E-state index contributed by atoms with van der Waals surface area (Å²) in [5.74, 6) is 0.349. The molecule has 2 aromatic rings. The Morgan fingerprint density at radius 1 is 1.38 bits per heavy atom. The van der Waals surface area contributed by atoms with Gasteiger partial charge in [0, 0.05) is 24.5 Å². The fourth-order valence-electron chi connectivity index (χ4n) is 2.97. The minimum Gasteiger partial charge on any atom is -0.423 e. The molecule has 0 saturated carbocycles. The van der Waals surface area contributed by atoms with Gasteiger partial charge >= 0.3 is 5.63 Å². The van der Waals surface area contributed by atoms with Crippen molar-refractivity contribution in [3.05, 3.63) is 45.8 Å². The van der Waals surface area contributed by atoms with E-state index >= 15 is 0 Å². The SMILES string of the molecule is Cc1ccc2c(CN3CCC(C)C(O)C3)cc(=O)oc2c1. The van der Waals surface area contributed by atoms with Crippen LogP contribution in [0.2, 0.25) is 0 Å². The molecular weight excluding hydrogens is 266 g/mol. The van der Waals surface area contributed by atoms with Crippen LogP contribution in [0.4, 0.5) is 0 Å². The average molecular weight is 287 g/mol. The molecule has 21 heavy (non-hydrogen) atoms. The number of likely N-dealkylation sites (tertiary alicyclic amines) is 1. The Bertz CT molecular complexity index is 707. The highest BCUT2D eigenvalue weighted by atomic mass is 16.4. The van der Waals surface area contributed by atoms with Crippen LogP contribution in [0.3, 0.4) is 0 Å². The summed E-state index contributed by atoms with van der Waals surface area (Å²) in [4.78, 5) is 13.9. The molecule has 2 heterocycles. The lowest BCUT2D eigenvalue weighted by atomic mass is 9.95. The highest BCUT2D eigenvalue weighted by Gasteiger charge is 2.24. The van der Waals surface area contributed by atoms with Crippen molar-refractivity contribution < 1.29 is 9.52 Å². The summed E-state index contributed by atoms with van der Waals surface area (Å²) < 4.78 is 5.29. The Morgan fingerprint density at radius 2 is 2.19 bits per heavy atom. The van der Waals surface area contributed by atoms with Gasteiger partial charge in [-0.15, -0.1) is 0 Å². The number of β-amino-alcohol motifs (C(OH)–C–C–N with tert-alkyl or cyclic N) is 1. The number of nitrogens with zero attached hydrogens (tertiary/aromatic N) is 1. The van der Waals surface area contributed by atoms with Gasteiger partial charge in [0.2, 0.25) is 0 Å². The second kappa shape index (κ2) is 5.62. The van der Waals surface area contributed by atoms with Gasteiger partial charge in [-0.3, -0.25) is 4.90 Å². The zero-order valence-electron chi connectivity index (χ0n) is 12.5. The molecule has 1 N–H and O–H groups in total. The Hall–Kier alpha value is -1.65. The maximum absolute atomic E-state index is 11.7. The zero-order valence-corrected chi connectivity index (χ0v) is 12.5. The quantitative estimate of drug-likeness (QED) is 0.861. The minimum atomic E-state index is -0.311. The molecule has 4 heteroatoms. The average Bonchev–Trinajstić information content (AvgIpc) is 2.42. The van der Waals surface area contributed by atoms with Crippen LogP contribution in [0, 0.1) is 12.8 Å². The topological polar surface area (TPSA) is 53.7 Å². The van der Waals surface area contributed by atoms with Crippen LogP contribution >= 0.6 is 0 Å². The van der Waals surface area contributed by atoms with Crippen molar-refractivity contribution in [3.8, 4) is 0 Å². The van der Waals surface area contributed by atoms with Crippen LogP contribution in [-0.2, 0) is 6.54 Å². The second-order valence-electron chi connectivity index (χ2n) is 6.16. The highest BCUT2D eigenvalue weighted by Crippen LogP contribution is 2.23. The van der Waals surface area contributed by atoms with Crippen molar-refractivity contribution in [1.82, 2.24) is 4.90 Å². The number of aliphatic hydroxyl groups excluding tert-OH is 1. The van der Waals surface area contributed by atoms with Crippen LogP contribution in [0.5, 0.6) is 0 Å². The van der Waals surface area contributed by atoms with Gasteiger partial charge in [-0.25, -0.2) is 4.79 Å². The number of rotatable bonds is 2. The lowest BCUT2D eigenvalue weighted by molar-refractivity contribution is 0.0260. The number of aryl methyl sites for hydroxylation is 1. The van der Waals surface area contributed by atoms with Gasteiger partial charge in [0.15, 0.2) is 0 Å². The van der Waals surface area contributed by atoms with Gasteiger partial charge in [-0.1, -0.05) is 19.1 Å². The first-order valence-corrected chi connectivity index (χ1v) is 7.47. The van der Waals surface area contributed by atoms with Crippen molar-refractivity contribution in [2.24, 2.45) is 5.92 Å². The van der Waals surface area contributed by atoms with E-state index < -0.39 is 0 Å². The molecule has 1 fully saturated rings. The number of hydrogen-bond acceptors (Lipinski definition) is 4. The van der Waals surface area contributed by atoms with E-state index in [1.54, 1.807) is 6.07 Å². The number of aliphatic hydroxyl groups is 1. The molecule has 0 aliphatic carbocycles. The Kier molecular flexibility index (Phi) is 3.83. The van der Waals surface area contributed by atoms with E-state index in [9.17, 15) is 9.90 Å². The molecule has 3 rings (SSSR count). The van der Waals surface area contributed by atoms with E-state index in [1.165, 1.54) is 0 Å². The second-order valence-corrected chi connectivity index (χ2v) is 6.16. The summed E-state index contributed by atoms with van der Waals surface area (Å²) >= 11 is 0. The molecule has 4 nitrogen and oxygen atoms in total. The van der Waals surface area contributed by atoms with Gasteiger partial charge in [-0.2, -0.15) is 0 Å². The minimum absolute atomic E-state index is 0.285. The van der Waals surface area contributed by atoms with E-state index in [2.05, 4.69) is 11.8 Å². The summed E-state index contributed by atoms with van der Waals surface area (Å²) in [5, 5.41) is 11.0. The lowest BCUT2D eigenvalue weighted by Crippen LogP contribution is -2.42. The van der Waals surface area contributed by atoms with Gasteiger partial charge in [0.25, 0.3) is 0 Å². The summed E-state index contributed by atoms with van der Waals surface area (Å²) in [6, 6.07) is 7.50. The summed E-state index contributed by atoms with van der Waals surface area (Å²) in [5.41, 5.74) is 2.38. The maximum atomic E-state index is 11.7. The molecular formula is C17H21NO3. The monoisotopic (exact) mass is 287 g/mol. The third kappa shape index (κ3) is 3.01. The summed E-state index contributed by atoms with van der Waals surface area (Å²) in [7, 11) is 0. The molecule has 1 aliphatic rings. The van der Waals surface area contributed by atoms with Gasteiger partial charge in [0.1, 0.15) is 5.58 Å². The predicted octanol–water partition coefficient (Wildman–Crippen LogP) is 2.30. The van der Waals surface area contributed by atoms with E-state index in [0.717, 1.165) is 29.5 Å². The van der Waals surface area contributed by atoms with Crippen molar-refractivity contribution in [2.75, 3.05) is 13.1 Å². The molecule has 0 spiro atoms. The van der Waals surface area contributed by atoms with Crippen molar-refractivity contribution in [1.29, 1.82) is 0 Å². The first-order valence-electron chi connectivity index (χ1n) is 7.47. The van der Waals surface area contributed by atoms with Crippen LogP contribution in [0.25, 0.3) is 11.0 Å². The molecule has 1 aromatic carbocycles. The summed E-state index contributed by atoms with van der Waals surface area (Å²) in [6.45, 7) is 6.35. The molecule has 2 atom stereocenters. The third-order valence-corrected chi connectivity index (χ3v) is 4.38. The number of fused-ring (bicyclic) bond motifs is 1. The van der Waals surface area contributed by atoms with Crippen molar-refractivity contribution >= 4 is 11.0 Å². The first-order chi connectivity index (χ1) is 10.0. The van der Waals surface area contributed by atoms with Gasteiger partial charge in [-0.05, 0) is 43.0 Å². The number of piperidine rings is 1. The predicted molar refractivity (Wildman–Crippen MR) is 82.3 cm³/mol. The van der Waals surface area contributed by atoms with E-state index in [4.69, 9.17) is 4.42 Å². The molecule has 112 valence electrons. The van der Waals surface area contributed by atoms with E-state index in [-0.39, 0.29) is 11.7 Å². The molecule has 0 radical (unpaired) electrons. The molecule has 1 aliphatic heterocycles. The van der Waals surface area contributed by atoms with Crippen LogP contribution in [-0.4, -0.2) is 29.2 Å². The standard InChI is InChI=1S/C17H21NO3/c1-11-3-4-14-13(8-17(20)21-16(14)7-11)9-18-6-5-12(2)15(19)10-18/h3-4,7-8,12,15,19H,5-6,9-10H2,1-2H3. The lowest BCUT2D eigenvalue weighted by Gasteiger charge is -2.34. The Balaban J connectivity index is 1.92. The maximum Gasteiger partial charge on any atom is 0.336 e. The van der Waals surface area contributed by atoms with Crippen LogP contribution < -0.4 is 5.63 Å². The normalized spacial score (nSPS) is 23.6. The Morgan fingerprint density at radius 3 is 2.95 bits per heavy atom. The van der Waals surface area contributed by atoms with Crippen molar-refractivity contribution in [2.45, 2.75) is 32.9 Å². The largest absolute Gasteiger partial charge is 0.423 e. The smallest absolute Gasteiger partial charge is 0.336 e. The molecule has 1 saturated heterocycles. The molecule has 1 aromatic heterocycles. The van der Waals surface area contributed by atoms with Gasteiger partial charge < -0.3 is 9.52 Å². The number of hydrogen-bond donors (Lipinski definition) is 1.